The van der Waals surface area contributed by atoms with Crippen LogP contribution in [-0.2, 0) is 9.59 Å². The number of amides is 2. The first-order chi connectivity index (χ1) is 10.2. The van der Waals surface area contributed by atoms with Crippen molar-refractivity contribution in [2.24, 2.45) is 0 Å². The highest BCUT2D eigenvalue weighted by molar-refractivity contribution is 6.43. The molecule has 1 aromatic carbocycles. The fourth-order valence-electron chi connectivity index (χ4n) is 1.72. The maximum absolute atomic E-state index is 11.8. The molecule has 2 aromatic heterocycles. The Morgan fingerprint density at radius 1 is 1.05 bits per heavy atom. The van der Waals surface area contributed by atoms with Crippen LogP contribution in [0.3, 0.4) is 0 Å². The Kier molecular flexibility index (Phi) is 3.26. The van der Waals surface area contributed by atoms with Crippen molar-refractivity contribution in [3.63, 3.8) is 0 Å². The molecule has 21 heavy (non-hydrogen) atoms. The largest absolute Gasteiger partial charge is 0.318 e. The summed E-state index contributed by atoms with van der Waals surface area (Å²) in [5.41, 5.74) is 1.25. The van der Waals surface area contributed by atoms with Crippen LogP contribution in [0.5, 0.6) is 0 Å². The van der Waals surface area contributed by atoms with Crippen LogP contribution in [0.2, 0.25) is 0 Å². The number of hydrogen-bond acceptors (Lipinski definition) is 5. The van der Waals surface area contributed by atoms with Crippen molar-refractivity contribution in [2.75, 3.05) is 10.6 Å². The summed E-state index contributed by atoms with van der Waals surface area (Å²) in [5, 5.41) is 12.4. The first-order valence-corrected chi connectivity index (χ1v) is 6.05. The van der Waals surface area contributed by atoms with Crippen molar-refractivity contribution in [3.8, 4) is 0 Å². The van der Waals surface area contributed by atoms with Crippen molar-refractivity contribution in [1.29, 1.82) is 0 Å². The molecule has 0 saturated carbocycles. The van der Waals surface area contributed by atoms with Crippen LogP contribution in [0, 0.1) is 0 Å². The molecule has 0 atom stereocenters. The Balaban J connectivity index is 1.69. The zero-order valence-electron chi connectivity index (χ0n) is 10.7. The molecular formula is C13H10N6O2. The monoisotopic (exact) mass is 282 g/mol. The number of benzene rings is 1. The summed E-state index contributed by atoms with van der Waals surface area (Å²) < 4.78 is 0. The number of aromatic amines is 1. The first kappa shape index (κ1) is 12.7. The Morgan fingerprint density at radius 3 is 2.62 bits per heavy atom. The second-order valence-corrected chi connectivity index (χ2v) is 4.15. The number of nitrogens with zero attached hydrogens (tertiary/aromatic N) is 3. The molecule has 104 valence electrons. The summed E-state index contributed by atoms with van der Waals surface area (Å²) >= 11 is 0. The van der Waals surface area contributed by atoms with Crippen LogP contribution in [0.4, 0.5) is 11.6 Å². The van der Waals surface area contributed by atoms with E-state index >= 15 is 0 Å². The third-order valence-electron chi connectivity index (χ3n) is 2.70. The summed E-state index contributed by atoms with van der Waals surface area (Å²) in [6.45, 7) is 0. The molecule has 0 unspecified atom stereocenters. The van der Waals surface area contributed by atoms with Crippen molar-refractivity contribution < 1.29 is 9.59 Å². The number of nitrogens with one attached hydrogen (secondary N) is 3. The first-order valence-electron chi connectivity index (χ1n) is 6.05. The average molecular weight is 282 g/mol. The van der Waals surface area contributed by atoms with Gasteiger partial charge in [-0.05, 0) is 24.3 Å². The van der Waals surface area contributed by atoms with E-state index in [-0.39, 0.29) is 5.95 Å². The number of fused-ring (bicyclic) bond motifs is 1. The van der Waals surface area contributed by atoms with Crippen molar-refractivity contribution in [1.82, 2.24) is 20.2 Å². The number of hydrogen-bond donors (Lipinski definition) is 3. The van der Waals surface area contributed by atoms with Crippen LogP contribution in [0.1, 0.15) is 0 Å². The van der Waals surface area contributed by atoms with Crippen LogP contribution in [0.25, 0.3) is 10.9 Å². The van der Waals surface area contributed by atoms with Gasteiger partial charge in [0.2, 0.25) is 5.95 Å². The number of H-pyrrole nitrogens is 1. The maximum Gasteiger partial charge on any atom is 0.316 e. The zero-order valence-corrected chi connectivity index (χ0v) is 10.7. The third-order valence-corrected chi connectivity index (χ3v) is 2.70. The van der Waals surface area contributed by atoms with Gasteiger partial charge in [0.1, 0.15) is 0 Å². The van der Waals surface area contributed by atoms with E-state index < -0.39 is 11.8 Å². The average Bonchev–Trinajstić information content (AvgIpc) is 2.95. The lowest BCUT2D eigenvalue weighted by Gasteiger charge is -2.05. The fourth-order valence-corrected chi connectivity index (χ4v) is 1.72. The van der Waals surface area contributed by atoms with Gasteiger partial charge in [-0.25, -0.2) is 9.97 Å². The Morgan fingerprint density at radius 2 is 1.81 bits per heavy atom. The smallest absolute Gasteiger partial charge is 0.316 e. The topological polar surface area (TPSA) is 113 Å². The summed E-state index contributed by atoms with van der Waals surface area (Å²) in [7, 11) is 0. The Bertz CT molecular complexity index is 799. The van der Waals surface area contributed by atoms with E-state index in [4.69, 9.17) is 0 Å². The molecule has 2 amide bonds. The predicted octanol–water partition coefficient (Wildman–Crippen LogP) is 0.930. The Hall–Kier alpha value is -3.29. The number of rotatable bonds is 2. The number of carbonyl (C=O) groups is 2. The summed E-state index contributed by atoms with van der Waals surface area (Å²) in [6, 6.07) is 6.76. The molecule has 0 radical (unpaired) electrons. The van der Waals surface area contributed by atoms with E-state index in [9.17, 15) is 9.59 Å². The maximum atomic E-state index is 11.8. The van der Waals surface area contributed by atoms with Crippen LogP contribution in [-0.4, -0.2) is 32.0 Å². The van der Waals surface area contributed by atoms with E-state index in [0.717, 1.165) is 10.9 Å². The van der Waals surface area contributed by atoms with Gasteiger partial charge in [-0.3, -0.25) is 20.0 Å². The van der Waals surface area contributed by atoms with E-state index in [0.29, 0.717) is 5.69 Å². The molecular weight excluding hydrogens is 272 g/mol. The van der Waals surface area contributed by atoms with Crippen LogP contribution >= 0.6 is 0 Å². The van der Waals surface area contributed by atoms with Gasteiger partial charge in [-0.2, -0.15) is 5.10 Å². The number of aromatic nitrogens is 4. The van der Waals surface area contributed by atoms with Crippen molar-refractivity contribution in [2.45, 2.75) is 0 Å². The lowest BCUT2D eigenvalue weighted by Crippen LogP contribution is -2.29. The minimum absolute atomic E-state index is 0.0710. The molecule has 3 rings (SSSR count). The quantitative estimate of drug-likeness (QED) is 0.605. The summed E-state index contributed by atoms with van der Waals surface area (Å²) in [6.07, 6.45) is 4.60. The van der Waals surface area contributed by atoms with Gasteiger partial charge in [0.25, 0.3) is 0 Å². The molecule has 0 bridgehead atoms. The number of anilines is 2. The second-order valence-electron chi connectivity index (χ2n) is 4.15. The minimum atomic E-state index is -0.842. The normalized spacial score (nSPS) is 10.3. The third kappa shape index (κ3) is 2.84. The standard InChI is InChI=1S/C13H10N6O2/c20-11(12(21)18-13-14-4-1-5-15-13)17-9-3-2-8-7-16-19-10(8)6-9/h1-7H,(H,16,19)(H,17,20)(H,14,15,18,21). The van der Waals surface area contributed by atoms with Gasteiger partial charge in [0, 0.05) is 23.5 Å². The molecule has 3 aromatic rings. The van der Waals surface area contributed by atoms with Crippen LogP contribution in [0.15, 0.2) is 42.9 Å². The number of carbonyl (C=O) groups excluding carboxylic acids is 2. The summed E-state index contributed by atoms with van der Waals surface area (Å²) in [5.74, 6) is -1.58. The molecule has 0 saturated heterocycles. The van der Waals surface area contributed by atoms with Gasteiger partial charge in [0.05, 0.1) is 11.7 Å². The van der Waals surface area contributed by atoms with E-state index in [1.165, 1.54) is 12.4 Å². The lowest BCUT2D eigenvalue weighted by atomic mass is 10.2. The van der Waals surface area contributed by atoms with Crippen molar-refractivity contribution >= 4 is 34.4 Å². The SMILES string of the molecule is O=C(Nc1ccc2cn[nH]c2c1)C(=O)Nc1ncccn1. The minimum Gasteiger partial charge on any atom is -0.318 e. The zero-order chi connectivity index (χ0) is 14.7. The van der Waals surface area contributed by atoms with Gasteiger partial charge in [0.15, 0.2) is 0 Å². The molecule has 0 spiro atoms. The highest BCUT2D eigenvalue weighted by atomic mass is 16.2. The molecule has 2 heterocycles. The van der Waals surface area contributed by atoms with Gasteiger partial charge < -0.3 is 5.32 Å². The van der Waals surface area contributed by atoms with E-state index in [1.54, 1.807) is 30.5 Å². The van der Waals surface area contributed by atoms with Crippen LogP contribution < -0.4 is 10.6 Å². The Labute approximate surface area is 118 Å². The molecule has 0 fully saturated rings. The molecule has 3 N–H and O–H groups in total. The van der Waals surface area contributed by atoms with Gasteiger partial charge in [-0.1, -0.05) is 0 Å². The molecule has 0 aliphatic carbocycles. The van der Waals surface area contributed by atoms with Gasteiger partial charge >= 0.3 is 11.8 Å². The lowest BCUT2D eigenvalue weighted by molar-refractivity contribution is -0.133. The van der Waals surface area contributed by atoms with Gasteiger partial charge in [-0.15, -0.1) is 0 Å². The molecule has 8 heteroatoms. The predicted molar refractivity (Wildman–Crippen MR) is 75.4 cm³/mol. The highest BCUT2D eigenvalue weighted by Crippen LogP contribution is 2.16. The fraction of sp³-hybridized carbons (Fsp3) is 0. The highest BCUT2D eigenvalue weighted by Gasteiger charge is 2.15. The second kappa shape index (κ2) is 5.37. The molecule has 8 nitrogen and oxygen atoms in total. The van der Waals surface area contributed by atoms with E-state index in [1.807, 2.05) is 0 Å². The molecule has 0 aliphatic heterocycles. The molecule has 0 aliphatic rings. The van der Waals surface area contributed by atoms with E-state index in [2.05, 4.69) is 30.8 Å². The van der Waals surface area contributed by atoms with Crippen molar-refractivity contribution in [3.05, 3.63) is 42.9 Å². The summed E-state index contributed by atoms with van der Waals surface area (Å²) in [4.78, 5) is 31.1.